The summed E-state index contributed by atoms with van der Waals surface area (Å²) in [6, 6.07) is -6.48. The number of carbonyl (C=O) groups is 12. The average Bonchev–Trinajstić information content (AvgIpc) is 3.35. The summed E-state index contributed by atoms with van der Waals surface area (Å²) in [6.45, 7) is 14.4. The molecule has 0 aliphatic carbocycles. The van der Waals surface area contributed by atoms with Gasteiger partial charge in [0, 0.05) is 13.0 Å². The number of nitrogens with zero attached hydrogens (tertiary/aromatic N) is 1. The molecule has 19 N–H and O–H groups in total. The lowest BCUT2D eigenvalue weighted by Crippen LogP contribution is -2.63. The van der Waals surface area contributed by atoms with E-state index in [1.165, 1.54) is 19.9 Å². The van der Waals surface area contributed by atoms with Gasteiger partial charge in [-0.05, 0) is 82.7 Å². The van der Waals surface area contributed by atoms with E-state index in [1.54, 1.807) is 48.6 Å². The largest absolute Gasteiger partial charge is 0.458 e. The summed E-state index contributed by atoms with van der Waals surface area (Å²) in [5.41, 5.74) is 17.1. The molecular weight excluding hydrogens is 1150 g/mol. The number of hydrogen-bond acceptors (Lipinski definition) is 17. The Hall–Kier alpha value is -8.25. The molecule has 1 aliphatic rings. The van der Waals surface area contributed by atoms with Gasteiger partial charge in [0.15, 0.2) is 5.96 Å². The Morgan fingerprint density at radius 2 is 1.11 bits per heavy atom. The van der Waals surface area contributed by atoms with Gasteiger partial charge in [0.1, 0.15) is 66.5 Å². The highest BCUT2D eigenvalue weighted by molar-refractivity contribution is 5.99. The molecular formula is C58H95N15O15. The molecule has 1 fully saturated rings. The Morgan fingerprint density at radius 3 is 1.60 bits per heavy atom. The SMILES string of the molecule is C=CCCC1NC(=O)[C@H](CCCN=C(N)N)NC(=O)[C@H](C)NC(=O)[C@H](NC(=O)[C@H](CO)NC(=O)[C@@H](NC(=O)[C@H](NC(=O)[C@@H](CCC(N)=O)NC(=O)[C@H](CO)NC(=O)[C@@H](NC(=O)[C@@H](Cc2ccccc2)NC)[C@@H](C)CC)[C@@H](C)CC)[C@@H](C)CC)[C@H](C)OC1=O. The summed E-state index contributed by atoms with van der Waals surface area (Å²) in [7, 11) is 1.59. The summed E-state index contributed by atoms with van der Waals surface area (Å²) < 4.78 is 5.65. The molecule has 1 aliphatic heterocycles. The Kier molecular flexibility index (Phi) is 33.5. The molecule has 11 amide bonds. The van der Waals surface area contributed by atoms with Gasteiger partial charge in [-0.25, -0.2) is 4.79 Å². The van der Waals surface area contributed by atoms with Crippen LogP contribution in [0.1, 0.15) is 119 Å². The van der Waals surface area contributed by atoms with Gasteiger partial charge >= 0.3 is 5.97 Å². The lowest BCUT2D eigenvalue weighted by Gasteiger charge is -2.31. The van der Waals surface area contributed by atoms with Crippen LogP contribution in [-0.2, 0) is 68.7 Å². The molecule has 0 radical (unpaired) electrons. The summed E-state index contributed by atoms with van der Waals surface area (Å²) in [5.74, 6) is -13.0. The van der Waals surface area contributed by atoms with Crippen molar-refractivity contribution in [1.82, 2.24) is 58.5 Å². The zero-order chi connectivity index (χ0) is 66.4. The van der Waals surface area contributed by atoms with E-state index in [0.29, 0.717) is 12.8 Å². The number of nitrogens with one attached hydrogen (secondary N) is 11. The number of carbonyl (C=O) groups excluding carboxylic acids is 12. The van der Waals surface area contributed by atoms with Crippen molar-refractivity contribution in [2.45, 2.75) is 192 Å². The number of guanidine groups is 1. The standard InChI is InChI=1S/C58H95N15O15/c1-11-15-22-38-57(87)88-34(9)46(56(86)64-33(8)47(77)65-36(48(78)67-38)23-19-26-63-58(60)61)73-52(82)41(29-75)69-54(84)44(31(6)13-3)72-55(85)45(32(7)14-4)70-49(79)37(24-25-42(59)76)66-51(81)40(28-74)68-53(83)43(30(5)12-2)71-50(80)39(62-10)27-35-20-17-16-18-21-35/h11,16-18,20-21,30-34,36-41,43-46,62,74-75H,1,12-15,19,22-29H2,2-10H3,(H2,59,76)(H,64,86)(H,65,77)(H,66,81)(H,67,78)(H,68,83)(H,69,84)(H,70,79)(H,71,80)(H,72,85)(H,73,82)(H4,60,61,63)/t30-,31-,32-,33-,34-,36-,37+,38?,39+,40-,41-,43-,44-,45+,46+/m0/s1. The maximum Gasteiger partial charge on any atom is 0.329 e. The third-order valence-corrected chi connectivity index (χ3v) is 15.2. The molecule has 15 atom stereocenters. The molecule has 1 aromatic rings. The van der Waals surface area contributed by atoms with Crippen molar-refractivity contribution >= 4 is 76.9 Å². The van der Waals surface area contributed by atoms with Crippen LogP contribution in [-0.4, -0.2) is 186 Å². The van der Waals surface area contributed by atoms with Crippen molar-refractivity contribution in [2.24, 2.45) is 39.9 Å². The third kappa shape index (κ3) is 24.9. The molecule has 1 aromatic carbocycles. The zero-order valence-electron chi connectivity index (χ0n) is 51.9. The molecule has 2 rings (SSSR count). The van der Waals surface area contributed by atoms with Crippen molar-refractivity contribution < 1.29 is 72.5 Å². The van der Waals surface area contributed by atoms with Crippen LogP contribution in [0.4, 0.5) is 0 Å². The first-order chi connectivity index (χ1) is 41.6. The van der Waals surface area contributed by atoms with Gasteiger partial charge in [0.05, 0.1) is 19.3 Å². The number of hydrogen-bond donors (Lipinski definition) is 16. The second kappa shape index (κ2) is 38.8. The Bertz CT molecular complexity index is 2570. The molecule has 88 heavy (non-hydrogen) atoms. The molecule has 30 heteroatoms. The van der Waals surface area contributed by atoms with Crippen LogP contribution < -0.4 is 75.7 Å². The Morgan fingerprint density at radius 1 is 0.636 bits per heavy atom. The van der Waals surface area contributed by atoms with E-state index >= 15 is 0 Å². The van der Waals surface area contributed by atoms with Crippen molar-refractivity contribution in [3.05, 3.63) is 48.6 Å². The number of benzene rings is 1. The highest BCUT2D eigenvalue weighted by Crippen LogP contribution is 2.16. The number of esters is 1. The van der Waals surface area contributed by atoms with Crippen molar-refractivity contribution in [3.63, 3.8) is 0 Å². The van der Waals surface area contributed by atoms with E-state index in [9.17, 15) is 67.7 Å². The number of ether oxygens (including phenoxy) is 1. The van der Waals surface area contributed by atoms with Gasteiger partial charge in [-0.3, -0.25) is 57.7 Å². The number of allylic oxidation sites excluding steroid dienone is 1. The molecule has 492 valence electrons. The topological polar surface area (TPSA) is 477 Å². The van der Waals surface area contributed by atoms with Crippen molar-refractivity contribution in [2.75, 3.05) is 26.8 Å². The second-order valence-corrected chi connectivity index (χ2v) is 22.0. The van der Waals surface area contributed by atoms with E-state index < -0.39 is 187 Å². The molecule has 0 bridgehead atoms. The number of likely N-dealkylation sites (N-methyl/N-ethyl adjacent to an activating group) is 1. The molecule has 0 aromatic heterocycles. The monoisotopic (exact) mass is 1240 g/mol. The summed E-state index contributed by atoms with van der Waals surface area (Å²) in [6.07, 6.45) is 0.754. The number of aliphatic hydroxyl groups excluding tert-OH is 2. The van der Waals surface area contributed by atoms with E-state index in [4.69, 9.17) is 21.9 Å². The van der Waals surface area contributed by atoms with Crippen LogP contribution in [0.5, 0.6) is 0 Å². The molecule has 0 spiro atoms. The second-order valence-electron chi connectivity index (χ2n) is 22.0. The normalized spacial score (nSPS) is 20.6. The van der Waals surface area contributed by atoms with E-state index in [2.05, 4.69) is 70.1 Å². The van der Waals surface area contributed by atoms with Crippen LogP contribution >= 0.6 is 0 Å². The molecule has 1 saturated heterocycles. The van der Waals surface area contributed by atoms with Crippen LogP contribution in [0.15, 0.2) is 48.0 Å². The zero-order valence-corrected chi connectivity index (χ0v) is 51.9. The van der Waals surface area contributed by atoms with Gasteiger partial charge in [0.25, 0.3) is 0 Å². The van der Waals surface area contributed by atoms with E-state index in [1.807, 2.05) is 30.3 Å². The minimum atomic E-state index is -1.83. The number of rotatable bonds is 35. The fourth-order valence-corrected chi connectivity index (χ4v) is 9.00. The maximum atomic E-state index is 14.4. The number of amides is 11. The fraction of sp³-hybridized carbons (Fsp3) is 0.638. The van der Waals surface area contributed by atoms with Crippen LogP contribution in [0.2, 0.25) is 0 Å². The molecule has 1 unspecified atom stereocenters. The van der Waals surface area contributed by atoms with Crippen LogP contribution in [0.25, 0.3) is 0 Å². The Labute approximate surface area is 513 Å². The summed E-state index contributed by atoms with van der Waals surface area (Å²) in [4.78, 5) is 169. The number of primary amides is 1. The number of cyclic esters (lactones) is 1. The van der Waals surface area contributed by atoms with E-state index in [0.717, 1.165) is 5.56 Å². The summed E-state index contributed by atoms with van der Waals surface area (Å²) in [5, 5.41) is 49.1. The first kappa shape index (κ1) is 75.8. The summed E-state index contributed by atoms with van der Waals surface area (Å²) >= 11 is 0. The van der Waals surface area contributed by atoms with Crippen LogP contribution in [0.3, 0.4) is 0 Å². The van der Waals surface area contributed by atoms with Gasteiger partial charge in [0.2, 0.25) is 65.0 Å². The smallest absolute Gasteiger partial charge is 0.329 e. The Balaban J connectivity index is 2.40. The lowest BCUT2D eigenvalue weighted by atomic mass is 9.94. The molecule has 0 saturated carbocycles. The minimum Gasteiger partial charge on any atom is -0.458 e. The maximum absolute atomic E-state index is 14.4. The van der Waals surface area contributed by atoms with Gasteiger partial charge in [-0.15, -0.1) is 6.58 Å². The molecule has 30 nitrogen and oxygen atoms in total. The van der Waals surface area contributed by atoms with Gasteiger partial charge in [-0.2, -0.15) is 0 Å². The lowest BCUT2D eigenvalue weighted by molar-refractivity contribution is -0.156. The predicted molar refractivity (Wildman–Crippen MR) is 324 cm³/mol. The number of aliphatic hydroxyl groups is 2. The van der Waals surface area contributed by atoms with Crippen LogP contribution in [0, 0.1) is 17.8 Å². The number of nitrogens with two attached hydrogens (primary N) is 3. The first-order valence-electron chi connectivity index (χ1n) is 29.7. The van der Waals surface area contributed by atoms with Crippen molar-refractivity contribution in [3.8, 4) is 0 Å². The van der Waals surface area contributed by atoms with Gasteiger partial charge in [-0.1, -0.05) is 97.2 Å². The third-order valence-electron chi connectivity index (χ3n) is 15.2. The van der Waals surface area contributed by atoms with E-state index in [-0.39, 0.29) is 51.0 Å². The van der Waals surface area contributed by atoms with Gasteiger partial charge < -0.3 is 90.6 Å². The first-order valence-corrected chi connectivity index (χ1v) is 29.7. The molecule has 1 heterocycles. The average molecular weight is 1240 g/mol. The predicted octanol–water partition coefficient (Wildman–Crippen LogP) is -3.96. The highest BCUT2D eigenvalue weighted by Gasteiger charge is 2.40. The van der Waals surface area contributed by atoms with Crippen molar-refractivity contribution in [1.29, 1.82) is 0 Å². The number of aliphatic imine (C=N–C) groups is 1. The minimum absolute atomic E-state index is 0.0110. The quantitative estimate of drug-likeness (QED) is 0.0101. The fourth-order valence-electron chi connectivity index (χ4n) is 9.00. The highest BCUT2D eigenvalue weighted by atomic mass is 16.5.